The van der Waals surface area contributed by atoms with Crippen molar-refractivity contribution in [3.05, 3.63) is 66.4 Å². The number of imidazole rings is 1. The molecule has 0 saturated heterocycles. The molecule has 0 fully saturated rings. The minimum atomic E-state index is -0.0585. The molecule has 3 aromatic heterocycles. The molecule has 21 heavy (non-hydrogen) atoms. The molecule has 5 nitrogen and oxygen atoms in total. The van der Waals surface area contributed by atoms with Crippen LogP contribution in [0.25, 0.3) is 5.65 Å². The number of carbonyl (C=O) groups is 1. The molecular formula is C16H16N4O. The van der Waals surface area contributed by atoms with Crippen molar-refractivity contribution in [2.75, 3.05) is 6.54 Å². The monoisotopic (exact) mass is 280 g/mol. The van der Waals surface area contributed by atoms with Gasteiger partial charge in [-0.05, 0) is 36.6 Å². The van der Waals surface area contributed by atoms with Crippen LogP contribution in [-0.4, -0.2) is 26.8 Å². The van der Waals surface area contributed by atoms with Crippen LogP contribution in [-0.2, 0) is 6.42 Å². The molecule has 3 aromatic rings. The Labute approximate surface area is 122 Å². The smallest absolute Gasteiger partial charge is 0.252 e. The molecule has 3 rings (SSSR count). The zero-order valence-electron chi connectivity index (χ0n) is 11.6. The van der Waals surface area contributed by atoms with Crippen molar-refractivity contribution < 1.29 is 4.79 Å². The summed E-state index contributed by atoms with van der Waals surface area (Å²) in [5.41, 5.74) is 2.66. The quantitative estimate of drug-likeness (QED) is 0.728. The number of hydrogen-bond acceptors (Lipinski definition) is 3. The van der Waals surface area contributed by atoms with Crippen LogP contribution < -0.4 is 5.32 Å². The molecular weight excluding hydrogens is 264 g/mol. The third-order valence-electron chi connectivity index (χ3n) is 3.30. The number of pyridine rings is 2. The predicted octanol–water partition coefficient (Wildman–Crippen LogP) is 2.09. The van der Waals surface area contributed by atoms with E-state index >= 15 is 0 Å². The fraction of sp³-hybridized carbons (Fsp3) is 0.188. The van der Waals surface area contributed by atoms with Gasteiger partial charge in [-0.15, -0.1) is 0 Å². The molecule has 0 radical (unpaired) electrons. The molecule has 0 aliphatic heterocycles. The SMILES string of the molecule is O=C(NCCCc1cccnc1)c1ccc2nccn2c1. The van der Waals surface area contributed by atoms with E-state index in [1.807, 2.05) is 35.0 Å². The van der Waals surface area contributed by atoms with E-state index in [0.717, 1.165) is 18.5 Å². The Morgan fingerprint density at radius 3 is 3.05 bits per heavy atom. The zero-order valence-corrected chi connectivity index (χ0v) is 11.6. The third kappa shape index (κ3) is 3.25. The van der Waals surface area contributed by atoms with Gasteiger partial charge in [-0.2, -0.15) is 0 Å². The van der Waals surface area contributed by atoms with E-state index in [9.17, 15) is 4.79 Å². The number of nitrogens with one attached hydrogen (secondary N) is 1. The minimum absolute atomic E-state index is 0.0585. The van der Waals surface area contributed by atoms with E-state index in [4.69, 9.17) is 0 Å². The van der Waals surface area contributed by atoms with Gasteiger partial charge >= 0.3 is 0 Å². The topological polar surface area (TPSA) is 59.3 Å². The Hall–Kier alpha value is -2.69. The Morgan fingerprint density at radius 2 is 2.19 bits per heavy atom. The maximum atomic E-state index is 12.1. The van der Waals surface area contributed by atoms with Crippen molar-refractivity contribution in [2.45, 2.75) is 12.8 Å². The molecule has 5 heteroatoms. The lowest BCUT2D eigenvalue weighted by molar-refractivity contribution is 0.0953. The van der Waals surface area contributed by atoms with Gasteiger partial charge in [0.25, 0.3) is 5.91 Å². The highest BCUT2D eigenvalue weighted by atomic mass is 16.1. The lowest BCUT2D eigenvalue weighted by Gasteiger charge is -2.06. The van der Waals surface area contributed by atoms with Crippen molar-refractivity contribution in [1.29, 1.82) is 0 Å². The molecule has 3 heterocycles. The summed E-state index contributed by atoms with van der Waals surface area (Å²) in [6.07, 6.45) is 10.8. The van der Waals surface area contributed by atoms with Gasteiger partial charge in [0.05, 0.1) is 5.56 Å². The van der Waals surface area contributed by atoms with E-state index in [-0.39, 0.29) is 5.91 Å². The summed E-state index contributed by atoms with van der Waals surface area (Å²) < 4.78 is 1.84. The average Bonchev–Trinajstić information content (AvgIpc) is 3.00. The van der Waals surface area contributed by atoms with Crippen LogP contribution in [0.2, 0.25) is 0 Å². The van der Waals surface area contributed by atoms with Crippen LogP contribution in [0.5, 0.6) is 0 Å². The second kappa shape index (κ2) is 6.17. The fourth-order valence-electron chi connectivity index (χ4n) is 2.20. The number of fused-ring (bicyclic) bond motifs is 1. The van der Waals surface area contributed by atoms with Crippen molar-refractivity contribution in [1.82, 2.24) is 19.7 Å². The predicted molar refractivity (Wildman–Crippen MR) is 80.1 cm³/mol. The molecule has 0 bridgehead atoms. The normalized spacial score (nSPS) is 10.7. The molecule has 106 valence electrons. The van der Waals surface area contributed by atoms with Crippen LogP contribution >= 0.6 is 0 Å². The summed E-state index contributed by atoms with van der Waals surface area (Å²) in [7, 11) is 0. The van der Waals surface area contributed by atoms with Crippen molar-refractivity contribution in [2.24, 2.45) is 0 Å². The van der Waals surface area contributed by atoms with Crippen LogP contribution in [0.4, 0.5) is 0 Å². The van der Waals surface area contributed by atoms with Gasteiger partial charge < -0.3 is 9.72 Å². The van der Waals surface area contributed by atoms with Gasteiger partial charge in [0.1, 0.15) is 5.65 Å². The Kier molecular flexibility index (Phi) is 3.91. The number of hydrogen-bond donors (Lipinski definition) is 1. The van der Waals surface area contributed by atoms with E-state index in [2.05, 4.69) is 15.3 Å². The third-order valence-corrected chi connectivity index (χ3v) is 3.30. The number of aromatic nitrogens is 3. The van der Waals surface area contributed by atoms with Crippen molar-refractivity contribution >= 4 is 11.6 Å². The van der Waals surface area contributed by atoms with Gasteiger partial charge in [-0.3, -0.25) is 9.78 Å². The summed E-state index contributed by atoms with van der Waals surface area (Å²) in [6, 6.07) is 7.60. The first-order valence-corrected chi connectivity index (χ1v) is 6.93. The lowest BCUT2D eigenvalue weighted by Crippen LogP contribution is -2.25. The maximum absolute atomic E-state index is 12.1. The lowest BCUT2D eigenvalue weighted by atomic mass is 10.1. The first-order chi connectivity index (χ1) is 10.3. The highest BCUT2D eigenvalue weighted by Gasteiger charge is 2.06. The van der Waals surface area contributed by atoms with E-state index in [1.54, 1.807) is 24.7 Å². The van der Waals surface area contributed by atoms with Crippen molar-refractivity contribution in [3.63, 3.8) is 0 Å². The number of carbonyl (C=O) groups excluding carboxylic acids is 1. The van der Waals surface area contributed by atoms with Gasteiger partial charge in [-0.1, -0.05) is 6.07 Å². The van der Waals surface area contributed by atoms with Crippen LogP contribution in [0.15, 0.2) is 55.2 Å². The minimum Gasteiger partial charge on any atom is -0.352 e. The number of aryl methyl sites for hydroxylation is 1. The molecule has 1 amide bonds. The van der Waals surface area contributed by atoms with Crippen LogP contribution in [0.1, 0.15) is 22.3 Å². The summed E-state index contributed by atoms with van der Waals surface area (Å²) in [4.78, 5) is 20.3. The molecule has 0 saturated carbocycles. The molecule has 1 N–H and O–H groups in total. The van der Waals surface area contributed by atoms with Crippen LogP contribution in [0, 0.1) is 0 Å². The number of amides is 1. The Balaban J connectivity index is 1.52. The molecule has 0 aliphatic carbocycles. The largest absolute Gasteiger partial charge is 0.352 e. The standard InChI is InChI=1S/C16H16N4O/c21-16(14-5-6-15-18-9-10-20(15)12-14)19-8-2-4-13-3-1-7-17-11-13/h1,3,5-7,9-12H,2,4,8H2,(H,19,21). The second-order valence-corrected chi connectivity index (χ2v) is 4.83. The van der Waals surface area contributed by atoms with E-state index < -0.39 is 0 Å². The summed E-state index contributed by atoms with van der Waals surface area (Å²) >= 11 is 0. The zero-order chi connectivity index (χ0) is 14.5. The van der Waals surface area contributed by atoms with E-state index in [1.165, 1.54) is 5.56 Å². The Morgan fingerprint density at radius 1 is 1.24 bits per heavy atom. The highest BCUT2D eigenvalue weighted by Crippen LogP contribution is 2.05. The summed E-state index contributed by atoms with van der Waals surface area (Å²) in [6.45, 7) is 0.649. The molecule has 0 aliphatic rings. The number of rotatable bonds is 5. The molecule has 0 atom stereocenters. The second-order valence-electron chi connectivity index (χ2n) is 4.83. The summed E-state index contributed by atoms with van der Waals surface area (Å²) in [5.74, 6) is -0.0585. The van der Waals surface area contributed by atoms with Gasteiger partial charge in [-0.25, -0.2) is 4.98 Å². The Bertz CT molecular complexity index is 736. The number of nitrogens with zero attached hydrogens (tertiary/aromatic N) is 3. The fourth-order valence-corrected chi connectivity index (χ4v) is 2.20. The first-order valence-electron chi connectivity index (χ1n) is 6.93. The first kappa shape index (κ1) is 13.3. The maximum Gasteiger partial charge on any atom is 0.252 e. The van der Waals surface area contributed by atoms with Crippen molar-refractivity contribution in [3.8, 4) is 0 Å². The van der Waals surface area contributed by atoms with Crippen LogP contribution in [0.3, 0.4) is 0 Å². The van der Waals surface area contributed by atoms with Gasteiger partial charge in [0.2, 0.25) is 0 Å². The molecule has 0 spiro atoms. The van der Waals surface area contributed by atoms with E-state index in [0.29, 0.717) is 12.1 Å². The molecule has 0 unspecified atom stereocenters. The van der Waals surface area contributed by atoms with Gasteiger partial charge in [0.15, 0.2) is 0 Å². The summed E-state index contributed by atoms with van der Waals surface area (Å²) in [5, 5.41) is 2.93. The van der Waals surface area contributed by atoms with Gasteiger partial charge in [0, 0.05) is 37.5 Å². The highest BCUT2D eigenvalue weighted by molar-refractivity contribution is 5.94. The molecule has 0 aromatic carbocycles. The average molecular weight is 280 g/mol.